The van der Waals surface area contributed by atoms with Gasteiger partial charge >= 0.3 is 0 Å². The van der Waals surface area contributed by atoms with Crippen LogP contribution in [0.25, 0.3) is 22.0 Å². The molecule has 0 aliphatic heterocycles. The lowest BCUT2D eigenvalue weighted by Gasteiger charge is -2.06. The van der Waals surface area contributed by atoms with Crippen LogP contribution in [0, 0.1) is 0 Å². The monoisotopic (exact) mass is 238 g/mol. The first-order valence-corrected chi connectivity index (χ1v) is 5.53. The molecule has 0 saturated heterocycles. The van der Waals surface area contributed by atoms with Crippen molar-refractivity contribution in [3.05, 3.63) is 59.0 Å². The summed E-state index contributed by atoms with van der Waals surface area (Å²) < 4.78 is 0. The van der Waals surface area contributed by atoms with Gasteiger partial charge in [-0.25, -0.2) is 0 Å². The van der Waals surface area contributed by atoms with E-state index in [-0.39, 0.29) is 11.4 Å². The zero-order valence-corrected chi connectivity index (χ0v) is 9.42. The quantitative estimate of drug-likeness (QED) is 0.683. The molecule has 0 saturated carbocycles. The van der Waals surface area contributed by atoms with Gasteiger partial charge in [0.1, 0.15) is 0 Å². The van der Waals surface area contributed by atoms with Crippen LogP contribution in [-0.4, -0.2) is 15.1 Å². The summed E-state index contributed by atoms with van der Waals surface area (Å²) in [6, 6.07) is 12.6. The number of nitrogens with one attached hydrogen (secondary N) is 1. The van der Waals surface area contributed by atoms with Crippen LogP contribution in [0.2, 0.25) is 0 Å². The maximum Gasteiger partial charge on any atom is 0.260 e. The number of rotatable bonds is 1. The Labute approximate surface area is 103 Å². The number of hydrogen-bond acceptors (Lipinski definition) is 3. The first kappa shape index (κ1) is 10.5. The van der Waals surface area contributed by atoms with Crippen LogP contribution in [0.5, 0.6) is 5.88 Å². The Morgan fingerprint density at radius 2 is 1.72 bits per heavy atom. The highest BCUT2D eigenvalue weighted by Gasteiger charge is 2.12. The summed E-state index contributed by atoms with van der Waals surface area (Å²) in [5.74, 6) is -0.115. The summed E-state index contributed by atoms with van der Waals surface area (Å²) in [5.41, 5.74) is 0.726. The fraction of sp³-hybridized carbons (Fsp3) is 0. The Morgan fingerprint density at radius 1 is 1.00 bits per heavy atom. The van der Waals surface area contributed by atoms with E-state index < -0.39 is 0 Å². The van der Waals surface area contributed by atoms with Crippen molar-refractivity contribution in [1.82, 2.24) is 9.97 Å². The van der Waals surface area contributed by atoms with Gasteiger partial charge in [0.25, 0.3) is 5.56 Å². The third-order valence-corrected chi connectivity index (χ3v) is 2.83. The van der Waals surface area contributed by atoms with Gasteiger partial charge in [-0.2, -0.15) is 0 Å². The Bertz CT molecular complexity index is 764. The van der Waals surface area contributed by atoms with Crippen molar-refractivity contribution in [3.63, 3.8) is 0 Å². The maximum atomic E-state index is 12.0. The van der Waals surface area contributed by atoms with Gasteiger partial charge in [0.2, 0.25) is 0 Å². The van der Waals surface area contributed by atoms with E-state index in [9.17, 15) is 9.90 Å². The lowest BCUT2D eigenvalue weighted by Crippen LogP contribution is -2.09. The second-order valence-corrected chi connectivity index (χ2v) is 3.94. The van der Waals surface area contributed by atoms with E-state index in [2.05, 4.69) is 9.97 Å². The standard InChI is InChI=1S/C14H10N2O2/c17-13-10-6-2-1-5-9(10)12(14(18)16-13)11-7-3-4-8-15-11/h1-8H,(H2,16,17,18). The number of nitrogens with zero attached hydrogens (tertiary/aromatic N) is 1. The summed E-state index contributed by atoms with van der Waals surface area (Å²) in [6.07, 6.45) is 1.64. The molecule has 0 fully saturated rings. The highest BCUT2D eigenvalue weighted by Crippen LogP contribution is 2.27. The number of fused-ring (bicyclic) bond motifs is 1. The molecule has 0 aliphatic carbocycles. The van der Waals surface area contributed by atoms with Gasteiger partial charge < -0.3 is 5.11 Å². The SMILES string of the molecule is O=c1[nH]c(O)c2ccccc2c1-c1ccccn1. The average molecular weight is 238 g/mol. The minimum Gasteiger partial charge on any atom is -0.494 e. The number of benzene rings is 1. The highest BCUT2D eigenvalue weighted by molar-refractivity contribution is 5.97. The van der Waals surface area contributed by atoms with Gasteiger partial charge in [0.05, 0.1) is 11.3 Å². The summed E-state index contributed by atoms with van der Waals surface area (Å²) in [7, 11) is 0. The van der Waals surface area contributed by atoms with Crippen LogP contribution < -0.4 is 5.56 Å². The zero-order valence-electron chi connectivity index (χ0n) is 9.42. The average Bonchev–Trinajstić information content (AvgIpc) is 2.40. The van der Waals surface area contributed by atoms with Crippen LogP contribution >= 0.6 is 0 Å². The van der Waals surface area contributed by atoms with Crippen LogP contribution in [0.4, 0.5) is 0 Å². The smallest absolute Gasteiger partial charge is 0.260 e. The van der Waals surface area contributed by atoms with E-state index in [1.807, 2.05) is 18.2 Å². The third kappa shape index (κ3) is 1.55. The van der Waals surface area contributed by atoms with Crippen LogP contribution in [0.3, 0.4) is 0 Å². The maximum absolute atomic E-state index is 12.0. The molecular weight excluding hydrogens is 228 g/mol. The van der Waals surface area contributed by atoms with Gasteiger partial charge in [-0.15, -0.1) is 0 Å². The molecule has 4 heteroatoms. The number of H-pyrrole nitrogens is 1. The van der Waals surface area contributed by atoms with Crippen molar-refractivity contribution in [2.24, 2.45) is 0 Å². The van der Waals surface area contributed by atoms with E-state index in [0.29, 0.717) is 22.0 Å². The Kier molecular flexibility index (Phi) is 2.34. The first-order chi connectivity index (χ1) is 8.77. The molecule has 2 N–H and O–H groups in total. The molecule has 1 aromatic carbocycles. The predicted molar refractivity (Wildman–Crippen MR) is 69.5 cm³/mol. The van der Waals surface area contributed by atoms with Gasteiger partial charge in [-0.05, 0) is 18.2 Å². The van der Waals surface area contributed by atoms with Crippen molar-refractivity contribution < 1.29 is 5.11 Å². The van der Waals surface area contributed by atoms with Crippen molar-refractivity contribution >= 4 is 10.8 Å². The molecule has 0 atom stereocenters. The highest BCUT2D eigenvalue weighted by atomic mass is 16.3. The zero-order chi connectivity index (χ0) is 12.5. The second-order valence-electron chi connectivity index (χ2n) is 3.94. The van der Waals surface area contributed by atoms with Crippen molar-refractivity contribution in [2.75, 3.05) is 0 Å². The van der Waals surface area contributed by atoms with E-state index >= 15 is 0 Å². The minimum absolute atomic E-state index is 0.115. The molecule has 3 aromatic rings. The number of aromatic amines is 1. The summed E-state index contributed by atoms with van der Waals surface area (Å²) in [6.45, 7) is 0. The molecular formula is C14H10N2O2. The molecule has 2 aromatic heterocycles. The normalized spacial score (nSPS) is 10.7. The number of aromatic hydroxyl groups is 1. The Hall–Kier alpha value is -2.62. The molecule has 0 unspecified atom stereocenters. The number of hydrogen-bond donors (Lipinski definition) is 2. The van der Waals surface area contributed by atoms with Crippen LogP contribution in [0.15, 0.2) is 53.5 Å². The van der Waals surface area contributed by atoms with Gasteiger partial charge in [-0.3, -0.25) is 14.8 Å². The second kappa shape index (κ2) is 4.00. The number of aromatic nitrogens is 2. The van der Waals surface area contributed by atoms with Crippen molar-refractivity contribution in [1.29, 1.82) is 0 Å². The molecule has 0 radical (unpaired) electrons. The van der Waals surface area contributed by atoms with Gasteiger partial charge in [0.15, 0.2) is 5.88 Å². The van der Waals surface area contributed by atoms with E-state index in [1.54, 1.807) is 30.5 Å². The lowest BCUT2D eigenvalue weighted by atomic mass is 10.0. The summed E-state index contributed by atoms with van der Waals surface area (Å²) >= 11 is 0. The minimum atomic E-state index is -0.343. The fourth-order valence-electron chi connectivity index (χ4n) is 2.03. The van der Waals surface area contributed by atoms with E-state index in [4.69, 9.17) is 0 Å². The molecule has 3 rings (SSSR count). The van der Waals surface area contributed by atoms with E-state index in [1.165, 1.54) is 0 Å². The van der Waals surface area contributed by atoms with Crippen molar-refractivity contribution in [3.8, 4) is 17.1 Å². The van der Waals surface area contributed by atoms with Gasteiger partial charge in [-0.1, -0.05) is 24.3 Å². The van der Waals surface area contributed by atoms with Gasteiger partial charge in [0, 0.05) is 17.0 Å². The van der Waals surface area contributed by atoms with Crippen LogP contribution in [-0.2, 0) is 0 Å². The molecule has 0 amide bonds. The fourth-order valence-corrected chi connectivity index (χ4v) is 2.03. The molecule has 88 valence electrons. The molecule has 2 heterocycles. The number of pyridine rings is 2. The summed E-state index contributed by atoms with van der Waals surface area (Å²) in [5, 5.41) is 11.0. The topological polar surface area (TPSA) is 66.0 Å². The Balaban J connectivity index is 2.46. The Morgan fingerprint density at radius 3 is 2.44 bits per heavy atom. The third-order valence-electron chi connectivity index (χ3n) is 2.83. The molecule has 0 bridgehead atoms. The lowest BCUT2D eigenvalue weighted by molar-refractivity contribution is 0.459. The largest absolute Gasteiger partial charge is 0.494 e. The molecule has 0 aliphatic rings. The molecule has 0 spiro atoms. The van der Waals surface area contributed by atoms with Crippen LogP contribution in [0.1, 0.15) is 0 Å². The van der Waals surface area contributed by atoms with Crippen molar-refractivity contribution in [2.45, 2.75) is 0 Å². The molecule has 4 nitrogen and oxygen atoms in total. The predicted octanol–water partition coefficient (Wildman–Crippen LogP) is 2.30. The molecule has 18 heavy (non-hydrogen) atoms. The first-order valence-electron chi connectivity index (χ1n) is 5.53. The summed E-state index contributed by atoms with van der Waals surface area (Å²) in [4.78, 5) is 18.6. The van der Waals surface area contributed by atoms with E-state index in [0.717, 1.165) is 0 Å².